The minimum absolute atomic E-state index is 0.234. The molecule has 0 radical (unpaired) electrons. The van der Waals surface area contributed by atoms with E-state index in [0.29, 0.717) is 28.6 Å². The topological polar surface area (TPSA) is 74.0 Å². The normalized spacial score (nSPS) is 10.8. The first-order valence-electron chi connectivity index (χ1n) is 9.32. The van der Waals surface area contributed by atoms with Crippen LogP contribution < -0.4 is 10.1 Å². The monoisotopic (exact) mass is 421 g/mol. The van der Waals surface area contributed by atoms with E-state index in [1.807, 2.05) is 36.9 Å². The van der Waals surface area contributed by atoms with Crippen LogP contribution in [0.3, 0.4) is 0 Å². The number of hydrogen-bond donors (Lipinski definition) is 1. The highest BCUT2D eigenvalue weighted by Gasteiger charge is 2.15. The fourth-order valence-corrected chi connectivity index (χ4v) is 3.20. The molecule has 4 rings (SSSR count). The van der Waals surface area contributed by atoms with Gasteiger partial charge in [-0.1, -0.05) is 17.7 Å². The lowest BCUT2D eigenvalue weighted by Gasteiger charge is -2.09. The molecule has 0 bridgehead atoms. The molecule has 30 heavy (non-hydrogen) atoms. The van der Waals surface area contributed by atoms with Gasteiger partial charge in [-0.15, -0.1) is 0 Å². The summed E-state index contributed by atoms with van der Waals surface area (Å²) in [4.78, 5) is 16.9. The largest absolute Gasteiger partial charge is 0.486 e. The molecule has 0 aliphatic carbocycles. The Hall–Kier alpha value is -3.58. The van der Waals surface area contributed by atoms with Crippen molar-refractivity contribution in [1.82, 2.24) is 19.3 Å². The number of aromatic nitrogens is 4. The summed E-state index contributed by atoms with van der Waals surface area (Å²) in [6.07, 6.45) is 5.15. The second kappa shape index (κ2) is 8.42. The maximum Gasteiger partial charge on any atom is 0.259 e. The summed E-state index contributed by atoms with van der Waals surface area (Å²) >= 11 is 6.06. The maximum atomic E-state index is 12.7. The van der Waals surface area contributed by atoms with Crippen molar-refractivity contribution in [3.63, 3.8) is 0 Å². The van der Waals surface area contributed by atoms with E-state index >= 15 is 0 Å². The molecule has 0 aliphatic rings. The first-order chi connectivity index (χ1) is 14.5. The highest BCUT2D eigenvalue weighted by atomic mass is 35.5. The summed E-state index contributed by atoms with van der Waals surface area (Å²) in [6, 6.07) is 14.5. The van der Waals surface area contributed by atoms with Crippen molar-refractivity contribution in [2.75, 3.05) is 5.32 Å². The van der Waals surface area contributed by atoms with Crippen molar-refractivity contribution < 1.29 is 9.53 Å². The van der Waals surface area contributed by atoms with Crippen molar-refractivity contribution in [1.29, 1.82) is 0 Å². The molecule has 1 amide bonds. The van der Waals surface area contributed by atoms with Crippen LogP contribution in [-0.2, 0) is 13.7 Å². The van der Waals surface area contributed by atoms with Gasteiger partial charge in [-0.25, -0.2) is 9.67 Å². The van der Waals surface area contributed by atoms with Crippen molar-refractivity contribution >= 4 is 23.2 Å². The van der Waals surface area contributed by atoms with Gasteiger partial charge in [0.05, 0.1) is 23.1 Å². The Bertz CT molecular complexity index is 1180. The highest BCUT2D eigenvalue weighted by molar-refractivity contribution is 6.30. The first kappa shape index (κ1) is 19.7. The minimum Gasteiger partial charge on any atom is -0.486 e. The summed E-state index contributed by atoms with van der Waals surface area (Å²) in [5, 5.41) is 7.83. The number of carbonyl (C=O) groups is 1. The number of carbonyl (C=O) groups excluding carboxylic acids is 1. The smallest absolute Gasteiger partial charge is 0.259 e. The van der Waals surface area contributed by atoms with Crippen LogP contribution in [-0.4, -0.2) is 25.2 Å². The van der Waals surface area contributed by atoms with E-state index in [4.69, 9.17) is 16.3 Å². The van der Waals surface area contributed by atoms with Crippen LogP contribution in [0.25, 0.3) is 5.69 Å². The number of hydrogen-bond acceptors (Lipinski definition) is 4. The molecule has 0 spiro atoms. The molecule has 2 aromatic heterocycles. The quantitative estimate of drug-likeness (QED) is 0.500. The van der Waals surface area contributed by atoms with Crippen molar-refractivity contribution in [2.45, 2.75) is 13.5 Å². The summed E-state index contributed by atoms with van der Waals surface area (Å²) in [7, 11) is 1.92. The molecule has 2 aromatic carbocycles. The predicted molar refractivity (Wildman–Crippen MR) is 115 cm³/mol. The number of amides is 1. The van der Waals surface area contributed by atoms with Gasteiger partial charge in [0.15, 0.2) is 0 Å². The van der Waals surface area contributed by atoms with Crippen LogP contribution in [0.4, 0.5) is 5.69 Å². The molecule has 0 fully saturated rings. The number of aryl methyl sites for hydroxylation is 1. The molecule has 1 N–H and O–H groups in total. The second-order valence-electron chi connectivity index (χ2n) is 6.76. The number of ether oxygens (including phenoxy) is 1. The predicted octanol–water partition coefficient (Wildman–Crippen LogP) is 4.40. The van der Waals surface area contributed by atoms with Crippen molar-refractivity contribution in [3.8, 4) is 11.4 Å². The van der Waals surface area contributed by atoms with Gasteiger partial charge in [-0.2, -0.15) is 5.10 Å². The molecule has 4 aromatic rings. The van der Waals surface area contributed by atoms with Gasteiger partial charge in [0.2, 0.25) is 0 Å². The molecular weight excluding hydrogens is 402 g/mol. The van der Waals surface area contributed by atoms with Crippen LogP contribution in [0.2, 0.25) is 5.02 Å². The third kappa shape index (κ3) is 4.21. The minimum atomic E-state index is -0.234. The Labute approximate surface area is 178 Å². The zero-order valence-corrected chi connectivity index (χ0v) is 17.3. The van der Waals surface area contributed by atoms with E-state index in [1.165, 1.54) is 0 Å². The van der Waals surface area contributed by atoms with Gasteiger partial charge in [0.25, 0.3) is 5.91 Å². The molecule has 152 valence electrons. The summed E-state index contributed by atoms with van der Waals surface area (Å²) in [5.74, 6) is 1.29. The lowest BCUT2D eigenvalue weighted by molar-refractivity contribution is 0.102. The summed E-state index contributed by atoms with van der Waals surface area (Å²) in [6.45, 7) is 2.22. The molecule has 0 unspecified atom stereocenters. The molecule has 0 atom stereocenters. The maximum absolute atomic E-state index is 12.7. The number of rotatable bonds is 6. The Morgan fingerprint density at radius 3 is 2.70 bits per heavy atom. The molecule has 2 heterocycles. The first-order valence-corrected chi connectivity index (χ1v) is 9.70. The van der Waals surface area contributed by atoms with E-state index in [2.05, 4.69) is 15.4 Å². The highest BCUT2D eigenvalue weighted by Crippen LogP contribution is 2.20. The van der Waals surface area contributed by atoms with Gasteiger partial charge in [-0.3, -0.25) is 4.79 Å². The van der Waals surface area contributed by atoms with E-state index in [0.717, 1.165) is 17.2 Å². The van der Waals surface area contributed by atoms with E-state index in [1.54, 1.807) is 53.5 Å². The Morgan fingerprint density at radius 1 is 1.20 bits per heavy atom. The van der Waals surface area contributed by atoms with Crippen molar-refractivity contribution in [2.24, 2.45) is 7.05 Å². The van der Waals surface area contributed by atoms with Crippen LogP contribution in [0, 0.1) is 6.92 Å². The van der Waals surface area contributed by atoms with Gasteiger partial charge < -0.3 is 14.6 Å². The van der Waals surface area contributed by atoms with Gasteiger partial charge >= 0.3 is 0 Å². The number of anilines is 1. The fourth-order valence-electron chi connectivity index (χ4n) is 3.02. The van der Waals surface area contributed by atoms with Crippen LogP contribution >= 0.6 is 11.6 Å². The number of imidazole rings is 1. The number of benzene rings is 2. The lowest BCUT2D eigenvalue weighted by Crippen LogP contribution is -2.13. The second-order valence-corrected chi connectivity index (χ2v) is 7.19. The van der Waals surface area contributed by atoms with Crippen LogP contribution in [0.1, 0.15) is 21.9 Å². The van der Waals surface area contributed by atoms with Gasteiger partial charge in [0, 0.05) is 30.2 Å². The zero-order valence-electron chi connectivity index (χ0n) is 16.5. The standard InChI is InChI=1S/C22H20ClN5O2/c1-15-20(13-25-28(15)18-5-3-4-16(23)12-18)22(29)26-17-6-8-19(9-7-17)30-14-21-24-10-11-27(21)2/h3-13H,14H2,1-2H3,(H,26,29). The number of nitrogens with zero attached hydrogens (tertiary/aromatic N) is 4. The molecule has 0 saturated heterocycles. The lowest BCUT2D eigenvalue weighted by atomic mass is 10.2. The van der Waals surface area contributed by atoms with Crippen molar-refractivity contribution in [3.05, 3.63) is 89.2 Å². The summed E-state index contributed by atoms with van der Waals surface area (Å²) < 4.78 is 9.33. The SMILES string of the molecule is Cc1c(C(=O)Nc2ccc(OCc3nccn3C)cc2)cnn1-c1cccc(Cl)c1. The third-order valence-electron chi connectivity index (χ3n) is 4.71. The average Bonchev–Trinajstić information content (AvgIpc) is 3.32. The number of nitrogens with one attached hydrogen (secondary N) is 1. The Kier molecular flexibility index (Phi) is 5.54. The zero-order chi connectivity index (χ0) is 21.1. The fraction of sp³-hybridized carbons (Fsp3) is 0.136. The molecule has 0 aliphatic heterocycles. The van der Waals surface area contributed by atoms with Crippen LogP contribution in [0.15, 0.2) is 67.1 Å². The van der Waals surface area contributed by atoms with Gasteiger partial charge in [-0.05, 0) is 49.4 Å². The van der Waals surface area contributed by atoms with E-state index < -0.39 is 0 Å². The number of halogens is 1. The molecule has 0 saturated carbocycles. The Balaban J connectivity index is 1.42. The molecular formula is C22H20ClN5O2. The summed E-state index contributed by atoms with van der Waals surface area (Å²) in [5.41, 5.74) is 2.68. The van der Waals surface area contributed by atoms with Crippen LogP contribution in [0.5, 0.6) is 5.75 Å². The van der Waals surface area contributed by atoms with Gasteiger partial charge in [0.1, 0.15) is 18.2 Å². The third-order valence-corrected chi connectivity index (χ3v) is 4.94. The Morgan fingerprint density at radius 2 is 2.00 bits per heavy atom. The molecule has 7 nitrogen and oxygen atoms in total. The van der Waals surface area contributed by atoms with E-state index in [9.17, 15) is 4.79 Å². The average molecular weight is 422 g/mol. The van der Waals surface area contributed by atoms with E-state index in [-0.39, 0.29) is 5.91 Å². The molecule has 8 heteroatoms.